The fraction of sp³-hybridized carbons (Fsp3) is 0.458. The summed E-state index contributed by atoms with van der Waals surface area (Å²) in [5.41, 5.74) is 6.18. The van der Waals surface area contributed by atoms with Crippen LogP contribution in [0.2, 0.25) is 0 Å². The average Bonchev–Trinajstić information content (AvgIpc) is 2.78. The van der Waals surface area contributed by atoms with Crippen molar-refractivity contribution in [3.05, 3.63) is 61.1 Å². The molecule has 0 unspecified atom stereocenters. The summed E-state index contributed by atoms with van der Waals surface area (Å²) in [6.07, 6.45) is 4.45. The number of unbranched alkanes of at least 4 members (excludes halogenated alkanes) is 3. The summed E-state index contributed by atoms with van der Waals surface area (Å²) in [5, 5.41) is 0.741. The van der Waals surface area contributed by atoms with E-state index in [9.17, 15) is 14.4 Å². The molecule has 0 aliphatic rings. The average molecular weight is 457 g/mol. The zero-order valence-electron chi connectivity index (χ0n) is 19.5. The molecular formula is C24H32N4O5. The van der Waals surface area contributed by atoms with Gasteiger partial charge < -0.3 is 19.8 Å². The number of nitrogens with two attached hydrogens (primary N) is 1. The Kier molecular flexibility index (Phi) is 7.97. The van der Waals surface area contributed by atoms with E-state index < -0.39 is 16.9 Å². The molecule has 0 radical (unpaired) electrons. The van der Waals surface area contributed by atoms with Gasteiger partial charge in [-0.2, -0.15) is 0 Å². The van der Waals surface area contributed by atoms with E-state index >= 15 is 0 Å². The zero-order chi connectivity index (χ0) is 24.0. The second kappa shape index (κ2) is 10.9. The van der Waals surface area contributed by atoms with Crippen molar-refractivity contribution in [2.45, 2.75) is 59.0 Å². The van der Waals surface area contributed by atoms with Crippen molar-refractivity contribution in [1.29, 1.82) is 0 Å². The van der Waals surface area contributed by atoms with Crippen LogP contribution in [-0.4, -0.2) is 23.2 Å². The molecule has 0 bridgehead atoms. The van der Waals surface area contributed by atoms with Gasteiger partial charge in [-0.1, -0.05) is 33.1 Å². The Balaban J connectivity index is 2.11. The van der Waals surface area contributed by atoms with Crippen molar-refractivity contribution < 1.29 is 9.15 Å². The number of fused-ring (bicyclic) bond motifs is 1. The van der Waals surface area contributed by atoms with Crippen LogP contribution in [0.5, 0.6) is 5.75 Å². The predicted octanol–water partition coefficient (Wildman–Crippen LogP) is 3.23. The first-order valence-electron chi connectivity index (χ1n) is 11.4. The quantitative estimate of drug-likeness (QED) is 0.335. The van der Waals surface area contributed by atoms with Crippen molar-refractivity contribution in [3.63, 3.8) is 0 Å². The number of aromatic nitrogens is 2. The van der Waals surface area contributed by atoms with E-state index in [0.29, 0.717) is 30.0 Å². The standard InChI is InChI=1S/C24H32N4O5/c1-4-6-8-11-27(21-22(25)28(12-7-5-2)24(31)26-23(21)30)15-16-13-20(29)33-19-14-17(32-3)9-10-18(16)19/h9-10,13-14H,4-8,11-12,15,25H2,1-3H3,(H,26,30,31). The summed E-state index contributed by atoms with van der Waals surface area (Å²) >= 11 is 0. The number of nitrogens with one attached hydrogen (secondary N) is 1. The van der Waals surface area contributed by atoms with E-state index in [2.05, 4.69) is 11.9 Å². The molecular weight excluding hydrogens is 424 g/mol. The molecule has 0 saturated heterocycles. The van der Waals surface area contributed by atoms with Gasteiger partial charge >= 0.3 is 11.3 Å². The molecule has 0 aliphatic heterocycles. The second-order valence-corrected chi connectivity index (χ2v) is 8.08. The van der Waals surface area contributed by atoms with Gasteiger partial charge in [0.05, 0.1) is 7.11 Å². The molecule has 0 aliphatic carbocycles. The number of ether oxygens (including phenoxy) is 1. The van der Waals surface area contributed by atoms with Gasteiger partial charge in [-0.3, -0.25) is 14.3 Å². The first kappa shape index (κ1) is 24.2. The van der Waals surface area contributed by atoms with Crippen molar-refractivity contribution in [2.75, 3.05) is 24.3 Å². The van der Waals surface area contributed by atoms with Crippen molar-refractivity contribution in [2.24, 2.45) is 0 Å². The van der Waals surface area contributed by atoms with Crippen molar-refractivity contribution in [3.8, 4) is 5.75 Å². The minimum absolute atomic E-state index is 0.141. The second-order valence-electron chi connectivity index (χ2n) is 8.08. The Labute approximate surface area is 191 Å². The zero-order valence-corrected chi connectivity index (χ0v) is 19.5. The van der Waals surface area contributed by atoms with Gasteiger partial charge in [-0.15, -0.1) is 0 Å². The molecule has 2 aromatic heterocycles. The maximum atomic E-state index is 12.9. The molecule has 3 N–H and O–H groups in total. The lowest BCUT2D eigenvalue weighted by molar-refractivity contribution is 0.414. The Morgan fingerprint density at radius 2 is 1.85 bits per heavy atom. The Hall–Kier alpha value is -3.49. The first-order valence-corrected chi connectivity index (χ1v) is 11.4. The molecule has 9 nitrogen and oxygen atoms in total. The molecule has 3 aromatic rings. The highest BCUT2D eigenvalue weighted by Gasteiger charge is 2.20. The summed E-state index contributed by atoms with van der Waals surface area (Å²) in [4.78, 5) is 41.8. The molecule has 0 saturated carbocycles. The number of aromatic amines is 1. The minimum atomic E-state index is -0.532. The molecule has 178 valence electrons. The highest BCUT2D eigenvalue weighted by molar-refractivity contribution is 5.82. The highest BCUT2D eigenvalue weighted by Crippen LogP contribution is 2.26. The Morgan fingerprint density at radius 1 is 1.09 bits per heavy atom. The lowest BCUT2D eigenvalue weighted by Crippen LogP contribution is -2.38. The van der Waals surface area contributed by atoms with Gasteiger partial charge in [0.1, 0.15) is 22.8 Å². The van der Waals surface area contributed by atoms with Crippen LogP contribution in [0, 0.1) is 0 Å². The monoisotopic (exact) mass is 456 g/mol. The van der Waals surface area contributed by atoms with Gasteiger partial charge in [-0.25, -0.2) is 9.59 Å². The Bertz CT molecular complexity index is 1270. The number of hydrogen-bond acceptors (Lipinski definition) is 7. The largest absolute Gasteiger partial charge is 0.497 e. The number of nitrogen functional groups attached to an aromatic ring is 1. The number of rotatable bonds is 11. The summed E-state index contributed by atoms with van der Waals surface area (Å²) in [6.45, 7) is 5.35. The number of nitrogens with zero attached hydrogens (tertiary/aromatic N) is 2. The maximum absolute atomic E-state index is 12.9. The fourth-order valence-electron chi connectivity index (χ4n) is 3.92. The minimum Gasteiger partial charge on any atom is -0.497 e. The summed E-state index contributed by atoms with van der Waals surface area (Å²) in [5.74, 6) is 0.717. The number of anilines is 2. The fourth-order valence-corrected chi connectivity index (χ4v) is 3.92. The molecule has 0 atom stereocenters. The highest BCUT2D eigenvalue weighted by atomic mass is 16.5. The molecule has 3 rings (SSSR count). The number of hydrogen-bond donors (Lipinski definition) is 2. The lowest BCUT2D eigenvalue weighted by Gasteiger charge is -2.26. The molecule has 9 heteroatoms. The van der Waals surface area contributed by atoms with Crippen LogP contribution in [0.25, 0.3) is 11.0 Å². The van der Waals surface area contributed by atoms with E-state index in [1.807, 2.05) is 17.9 Å². The van der Waals surface area contributed by atoms with Gasteiger partial charge in [0.15, 0.2) is 0 Å². The molecule has 33 heavy (non-hydrogen) atoms. The third-order valence-corrected chi connectivity index (χ3v) is 5.70. The number of methoxy groups -OCH3 is 1. The van der Waals surface area contributed by atoms with E-state index in [1.54, 1.807) is 19.2 Å². The van der Waals surface area contributed by atoms with Crippen LogP contribution >= 0.6 is 0 Å². The summed E-state index contributed by atoms with van der Waals surface area (Å²) in [6, 6.07) is 6.71. The normalized spacial score (nSPS) is 11.1. The number of H-pyrrole nitrogens is 1. The molecule has 0 amide bonds. The van der Waals surface area contributed by atoms with E-state index in [-0.39, 0.29) is 18.1 Å². The summed E-state index contributed by atoms with van der Waals surface area (Å²) in [7, 11) is 1.54. The van der Waals surface area contributed by atoms with Gasteiger partial charge in [0, 0.05) is 37.2 Å². The first-order chi connectivity index (χ1) is 15.9. The summed E-state index contributed by atoms with van der Waals surface area (Å²) < 4.78 is 12.0. The molecule has 2 heterocycles. The van der Waals surface area contributed by atoms with Gasteiger partial charge in [-0.05, 0) is 30.5 Å². The maximum Gasteiger partial charge on any atom is 0.336 e. The van der Waals surface area contributed by atoms with E-state index in [0.717, 1.165) is 37.5 Å². The molecule has 0 spiro atoms. The van der Waals surface area contributed by atoms with Crippen LogP contribution < -0.4 is 32.2 Å². The smallest absolute Gasteiger partial charge is 0.336 e. The topological polar surface area (TPSA) is 124 Å². The van der Waals surface area contributed by atoms with Gasteiger partial charge in [0.2, 0.25) is 0 Å². The van der Waals surface area contributed by atoms with Crippen molar-refractivity contribution in [1.82, 2.24) is 9.55 Å². The third kappa shape index (κ3) is 5.47. The lowest BCUT2D eigenvalue weighted by atomic mass is 10.1. The van der Waals surface area contributed by atoms with Crippen LogP contribution in [0.3, 0.4) is 0 Å². The molecule has 1 aromatic carbocycles. The SMILES string of the molecule is CCCCCN(Cc1cc(=O)oc2cc(OC)ccc12)c1c(N)n(CCCC)c(=O)[nH]c1=O. The number of benzene rings is 1. The van der Waals surface area contributed by atoms with Crippen LogP contribution in [0.4, 0.5) is 11.5 Å². The van der Waals surface area contributed by atoms with Crippen molar-refractivity contribution >= 4 is 22.5 Å². The Morgan fingerprint density at radius 3 is 2.55 bits per heavy atom. The molecule has 0 fully saturated rings. The van der Waals surface area contributed by atoms with Crippen LogP contribution in [0.15, 0.2) is 43.1 Å². The third-order valence-electron chi connectivity index (χ3n) is 5.70. The van der Waals surface area contributed by atoms with E-state index in [4.69, 9.17) is 14.9 Å². The van der Waals surface area contributed by atoms with Crippen LogP contribution in [-0.2, 0) is 13.1 Å². The van der Waals surface area contributed by atoms with Gasteiger partial charge in [0.25, 0.3) is 5.56 Å². The predicted molar refractivity (Wildman–Crippen MR) is 130 cm³/mol. The van der Waals surface area contributed by atoms with E-state index in [1.165, 1.54) is 10.6 Å². The van der Waals surface area contributed by atoms with Crippen LogP contribution in [0.1, 0.15) is 51.5 Å².